The summed E-state index contributed by atoms with van der Waals surface area (Å²) in [6.45, 7) is 5.06. The molecule has 1 N–H and O–H groups in total. The van der Waals surface area contributed by atoms with Crippen molar-refractivity contribution < 1.29 is 22.7 Å². The van der Waals surface area contributed by atoms with Crippen molar-refractivity contribution in [2.24, 2.45) is 0 Å². The van der Waals surface area contributed by atoms with Gasteiger partial charge in [0.2, 0.25) is 10.0 Å². The third-order valence-electron chi connectivity index (χ3n) is 4.99. The van der Waals surface area contributed by atoms with E-state index >= 15 is 0 Å². The summed E-state index contributed by atoms with van der Waals surface area (Å²) in [7, 11) is -3.46. The second-order valence-corrected chi connectivity index (χ2v) is 10.2. The van der Waals surface area contributed by atoms with Crippen LogP contribution in [-0.2, 0) is 31.9 Å². The van der Waals surface area contributed by atoms with E-state index in [1.165, 1.54) is 4.31 Å². The Morgan fingerprint density at radius 3 is 2.35 bits per heavy atom. The van der Waals surface area contributed by atoms with Gasteiger partial charge < -0.3 is 14.8 Å². The van der Waals surface area contributed by atoms with Gasteiger partial charge in [0.15, 0.2) is 5.60 Å². The van der Waals surface area contributed by atoms with Crippen molar-refractivity contribution in [3.63, 3.8) is 0 Å². The molecule has 0 aliphatic carbocycles. The highest BCUT2D eigenvalue weighted by atomic mass is 35.5. The van der Waals surface area contributed by atoms with E-state index in [2.05, 4.69) is 5.32 Å². The Labute approximate surface area is 188 Å². The number of nitrogens with zero attached hydrogens (tertiary/aromatic N) is 1. The molecule has 31 heavy (non-hydrogen) atoms. The molecule has 9 heteroatoms. The average molecular weight is 467 g/mol. The molecule has 7 nitrogen and oxygen atoms in total. The molecular formula is C22H27ClN2O5S. The highest BCUT2D eigenvalue weighted by molar-refractivity contribution is 7.88. The molecule has 1 aliphatic heterocycles. The van der Waals surface area contributed by atoms with Gasteiger partial charge >= 0.3 is 0 Å². The number of ether oxygens (including phenoxy) is 2. The maximum atomic E-state index is 12.8. The van der Waals surface area contributed by atoms with E-state index in [0.29, 0.717) is 42.6 Å². The molecule has 0 saturated carbocycles. The van der Waals surface area contributed by atoms with Crippen LogP contribution in [0.3, 0.4) is 0 Å². The molecule has 2 aromatic carbocycles. The summed E-state index contributed by atoms with van der Waals surface area (Å²) in [5.41, 5.74) is 0.281. The Kier molecular flexibility index (Phi) is 7.59. The van der Waals surface area contributed by atoms with Crippen LogP contribution in [0.5, 0.6) is 5.75 Å². The summed E-state index contributed by atoms with van der Waals surface area (Å²) in [6, 6.07) is 14.0. The van der Waals surface area contributed by atoms with E-state index in [0.717, 1.165) is 5.56 Å². The highest BCUT2D eigenvalue weighted by Gasteiger charge is 2.30. The number of benzene rings is 2. The number of halogens is 1. The zero-order valence-corrected chi connectivity index (χ0v) is 19.2. The summed E-state index contributed by atoms with van der Waals surface area (Å²) >= 11 is 5.89. The van der Waals surface area contributed by atoms with Gasteiger partial charge in [-0.05, 0) is 49.2 Å². The summed E-state index contributed by atoms with van der Waals surface area (Å²) in [4.78, 5) is 12.8. The van der Waals surface area contributed by atoms with Gasteiger partial charge in [0.25, 0.3) is 5.91 Å². The van der Waals surface area contributed by atoms with Crippen molar-refractivity contribution in [3.05, 3.63) is 64.7 Å². The van der Waals surface area contributed by atoms with Crippen molar-refractivity contribution >= 4 is 27.5 Å². The number of hydrogen-bond acceptors (Lipinski definition) is 5. The fourth-order valence-electron chi connectivity index (χ4n) is 3.22. The number of nitrogens with one attached hydrogen (secondary N) is 1. The molecular weight excluding hydrogens is 440 g/mol. The van der Waals surface area contributed by atoms with Crippen molar-refractivity contribution in [2.75, 3.05) is 26.3 Å². The summed E-state index contributed by atoms with van der Waals surface area (Å²) in [5, 5.41) is 3.44. The first-order chi connectivity index (χ1) is 14.7. The lowest BCUT2D eigenvalue weighted by atomic mass is 10.1. The second kappa shape index (κ2) is 9.99. The standard InChI is InChI=1S/C22H27ClN2O5S/c1-22(2,30-20-9-7-19(23)8-10-20)21(26)24-15-17-5-3-4-6-18(17)16-31(27,28)25-11-13-29-14-12-25/h3-10H,11-16H2,1-2H3,(H,24,26). The minimum Gasteiger partial charge on any atom is -0.478 e. The van der Waals surface area contributed by atoms with Gasteiger partial charge in [-0.1, -0.05) is 35.9 Å². The molecule has 0 atom stereocenters. The molecule has 1 amide bonds. The zero-order chi connectivity index (χ0) is 22.5. The topological polar surface area (TPSA) is 84.9 Å². The van der Waals surface area contributed by atoms with Crippen LogP contribution in [0.15, 0.2) is 48.5 Å². The first kappa shape index (κ1) is 23.5. The predicted octanol–water partition coefficient (Wildman–Crippen LogP) is 2.98. The van der Waals surface area contributed by atoms with Crippen molar-refractivity contribution in [3.8, 4) is 5.75 Å². The Balaban J connectivity index is 1.65. The van der Waals surface area contributed by atoms with Gasteiger partial charge in [0.1, 0.15) is 5.75 Å². The lowest BCUT2D eigenvalue weighted by molar-refractivity contribution is -0.134. The maximum absolute atomic E-state index is 12.8. The number of sulfonamides is 1. The fraction of sp³-hybridized carbons (Fsp3) is 0.409. The summed E-state index contributed by atoms with van der Waals surface area (Å²) in [6.07, 6.45) is 0. The molecule has 0 radical (unpaired) electrons. The molecule has 0 aromatic heterocycles. The summed E-state index contributed by atoms with van der Waals surface area (Å²) in [5.74, 6) is 0.0961. The number of carbonyl (C=O) groups is 1. The number of morpholine rings is 1. The first-order valence-corrected chi connectivity index (χ1v) is 12.0. The van der Waals surface area contributed by atoms with Crippen LogP contribution in [0.2, 0.25) is 5.02 Å². The fourth-order valence-corrected chi connectivity index (χ4v) is 4.90. The van der Waals surface area contributed by atoms with E-state index < -0.39 is 15.6 Å². The van der Waals surface area contributed by atoms with E-state index in [1.807, 2.05) is 12.1 Å². The van der Waals surface area contributed by atoms with E-state index in [-0.39, 0.29) is 18.2 Å². The molecule has 1 aliphatic rings. The Hall–Kier alpha value is -2.13. The van der Waals surface area contributed by atoms with Crippen molar-refractivity contribution in [2.45, 2.75) is 31.7 Å². The van der Waals surface area contributed by atoms with Crippen LogP contribution in [0.25, 0.3) is 0 Å². The van der Waals surface area contributed by atoms with Crippen LogP contribution in [0.1, 0.15) is 25.0 Å². The van der Waals surface area contributed by atoms with Crippen LogP contribution in [0.4, 0.5) is 0 Å². The molecule has 1 fully saturated rings. The normalized spacial score (nSPS) is 15.5. The van der Waals surface area contributed by atoms with Crippen molar-refractivity contribution in [1.82, 2.24) is 9.62 Å². The van der Waals surface area contributed by atoms with Crippen LogP contribution < -0.4 is 10.1 Å². The van der Waals surface area contributed by atoms with E-state index in [4.69, 9.17) is 21.1 Å². The largest absolute Gasteiger partial charge is 0.478 e. The minimum absolute atomic E-state index is 0.121. The van der Waals surface area contributed by atoms with Gasteiger partial charge in [-0.3, -0.25) is 4.79 Å². The Bertz CT molecular complexity index is 1000. The van der Waals surface area contributed by atoms with E-state index in [9.17, 15) is 13.2 Å². The number of hydrogen-bond donors (Lipinski definition) is 1. The van der Waals surface area contributed by atoms with Crippen LogP contribution in [0, 0.1) is 0 Å². The molecule has 0 bridgehead atoms. The van der Waals surface area contributed by atoms with Gasteiger partial charge in [-0.15, -0.1) is 0 Å². The van der Waals surface area contributed by atoms with Gasteiger partial charge in [0.05, 0.1) is 19.0 Å². The average Bonchev–Trinajstić information content (AvgIpc) is 2.75. The predicted molar refractivity (Wildman–Crippen MR) is 119 cm³/mol. The second-order valence-electron chi connectivity index (χ2n) is 7.79. The molecule has 168 valence electrons. The van der Waals surface area contributed by atoms with Gasteiger partial charge in [-0.25, -0.2) is 8.42 Å². The first-order valence-electron chi connectivity index (χ1n) is 10.0. The van der Waals surface area contributed by atoms with Gasteiger partial charge in [-0.2, -0.15) is 4.31 Å². The Morgan fingerprint density at radius 2 is 1.71 bits per heavy atom. The zero-order valence-electron chi connectivity index (χ0n) is 17.6. The molecule has 2 aromatic rings. The quantitative estimate of drug-likeness (QED) is 0.646. The number of rotatable bonds is 8. The molecule has 1 saturated heterocycles. The minimum atomic E-state index is -3.46. The van der Waals surface area contributed by atoms with Crippen LogP contribution >= 0.6 is 11.6 Å². The SMILES string of the molecule is CC(C)(Oc1ccc(Cl)cc1)C(=O)NCc1ccccc1CS(=O)(=O)N1CCOCC1. The third-order valence-corrected chi connectivity index (χ3v) is 7.07. The molecule has 1 heterocycles. The molecule has 0 unspecified atom stereocenters. The van der Waals surface area contributed by atoms with Gasteiger partial charge in [0, 0.05) is 24.7 Å². The highest BCUT2D eigenvalue weighted by Crippen LogP contribution is 2.22. The molecule has 3 rings (SSSR count). The van der Waals surface area contributed by atoms with E-state index in [1.54, 1.807) is 50.2 Å². The maximum Gasteiger partial charge on any atom is 0.263 e. The molecule has 0 spiro atoms. The monoisotopic (exact) mass is 466 g/mol. The lowest BCUT2D eigenvalue weighted by Gasteiger charge is -2.27. The van der Waals surface area contributed by atoms with Crippen LogP contribution in [-0.4, -0.2) is 50.5 Å². The third kappa shape index (κ3) is 6.43. The summed E-state index contributed by atoms with van der Waals surface area (Å²) < 4.78 is 38.1. The Morgan fingerprint density at radius 1 is 1.10 bits per heavy atom. The number of carbonyl (C=O) groups excluding carboxylic acids is 1. The smallest absolute Gasteiger partial charge is 0.263 e. The van der Waals surface area contributed by atoms with Crippen molar-refractivity contribution in [1.29, 1.82) is 0 Å². The number of amides is 1. The lowest BCUT2D eigenvalue weighted by Crippen LogP contribution is -2.46.